The van der Waals surface area contributed by atoms with Crippen molar-refractivity contribution >= 4 is 23.2 Å². The number of carbonyl (C=O) groups excluding carboxylic acids is 1. The molecular formula is C18H12ClF3N2O. The van der Waals surface area contributed by atoms with E-state index in [0.717, 1.165) is 23.9 Å². The van der Waals surface area contributed by atoms with E-state index in [0.29, 0.717) is 5.56 Å². The first-order valence-electron chi connectivity index (χ1n) is 7.26. The summed E-state index contributed by atoms with van der Waals surface area (Å²) in [5.41, 5.74) is 0.203. The fraction of sp³-hybridized carbons (Fsp3) is 0.0556. The molecule has 3 rings (SSSR count). The predicted octanol–water partition coefficient (Wildman–Crippen LogP) is 5.40. The van der Waals surface area contributed by atoms with Crippen LogP contribution in [0.4, 0.5) is 18.9 Å². The van der Waals surface area contributed by atoms with Crippen LogP contribution in [0.1, 0.15) is 15.9 Å². The number of anilines is 1. The van der Waals surface area contributed by atoms with Crippen LogP contribution < -0.4 is 5.32 Å². The highest BCUT2D eigenvalue weighted by Gasteiger charge is 2.31. The Balaban J connectivity index is 1.80. The van der Waals surface area contributed by atoms with E-state index in [-0.39, 0.29) is 10.7 Å². The van der Waals surface area contributed by atoms with Crippen LogP contribution in [0.3, 0.4) is 0 Å². The lowest BCUT2D eigenvalue weighted by Crippen LogP contribution is -2.13. The third kappa shape index (κ3) is 3.85. The Morgan fingerprint density at radius 2 is 1.64 bits per heavy atom. The fourth-order valence-electron chi connectivity index (χ4n) is 2.28. The standard InChI is InChI=1S/C18H12ClF3N2O/c19-15-8-5-13(18(20,21)22)11-16(15)23-17(25)12-3-6-14(7-4-12)24-9-1-2-10-24/h1-11H,(H,23,25). The molecule has 0 fully saturated rings. The Bertz CT molecular complexity index is 888. The minimum absolute atomic E-state index is 0.0327. The normalized spacial score (nSPS) is 11.4. The molecule has 3 aromatic rings. The number of hydrogen-bond acceptors (Lipinski definition) is 1. The van der Waals surface area contributed by atoms with Gasteiger partial charge in [-0.1, -0.05) is 11.6 Å². The van der Waals surface area contributed by atoms with Crippen LogP contribution in [0.2, 0.25) is 5.02 Å². The van der Waals surface area contributed by atoms with E-state index in [9.17, 15) is 18.0 Å². The molecule has 128 valence electrons. The molecule has 0 aliphatic heterocycles. The van der Waals surface area contributed by atoms with Gasteiger partial charge in [0, 0.05) is 23.6 Å². The first-order valence-corrected chi connectivity index (χ1v) is 7.64. The van der Waals surface area contributed by atoms with Crippen molar-refractivity contribution in [1.29, 1.82) is 0 Å². The van der Waals surface area contributed by atoms with Crippen LogP contribution in [0, 0.1) is 0 Å². The Kier molecular flexibility index (Phi) is 4.55. The largest absolute Gasteiger partial charge is 0.416 e. The zero-order valence-electron chi connectivity index (χ0n) is 12.7. The lowest BCUT2D eigenvalue weighted by atomic mass is 10.1. The highest BCUT2D eigenvalue weighted by Crippen LogP contribution is 2.34. The van der Waals surface area contributed by atoms with Crippen LogP contribution in [-0.4, -0.2) is 10.5 Å². The minimum atomic E-state index is -4.51. The summed E-state index contributed by atoms with van der Waals surface area (Å²) in [5.74, 6) is -0.541. The van der Waals surface area contributed by atoms with E-state index in [1.807, 2.05) is 29.1 Å². The summed E-state index contributed by atoms with van der Waals surface area (Å²) >= 11 is 5.89. The molecule has 25 heavy (non-hydrogen) atoms. The van der Waals surface area contributed by atoms with Gasteiger partial charge >= 0.3 is 6.18 Å². The Labute approximate surface area is 146 Å². The Morgan fingerprint density at radius 1 is 1.00 bits per heavy atom. The second-order valence-electron chi connectivity index (χ2n) is 5.28. The number of halogens is 4. The molecule has 1 aromatic heterocycles. The van der Waals surface area contributed by atoms with Gasteiger partial charge in [-0.25, -0.2) is 0 Å². The van der Waals surface area contributed by atoms with Crippen molar-refractivity contribution in [3.63, 3.8) is 0 Å². The van der Waals surface area contributed by atoms with Gasteiger partial charge in [-0.3, -0.25) is 4.79 Å². The Hall–Kier alpha value is -2.73. The lowest BCUT2D eigenvalue weighted by Gasteiger charge is -2.12. The molecule has 2 aromatic carbocycles. The van der Waals surface area contributed by atoms with Gasteiger partial charge < -0.3 is 9.88 Å². The van der Waals surface area contributed by atoms with E-state index in [1.165, 1.54) is 0 Å². The van der Waals surface area contributed by atoms with Gasteiger partial charge in [-0.05, 0) is 54.6 Å². The summed E-state index contributed by atoms with van der Waals surface area (Å²) in [6.07, 6.45) is -0.794. The highest BCUT2D eigenvalue weighted by atomic mass is 35.5. The number of nitrogens with one attached hydrogen (secondary N) is 1. The number of carbonyl (C=O) groups is 1. The van der Waals surface area contributed by atoms with Gasteiger partial charge in [0.2, 0.25) is 0 Å². The Morgan fingerprint density at radius 3 is 2.24 bits per heavy atom. The number of benzene rings is 2. The molecule has 0 radical (unpaired) electrons. The highest BCUT2D eigenvalue weighted by molar-refractivity contribution is 6.34. The molecule has 0 spiro atoms. The van der Waals surface area contributed by atoms with Crippen LogP contribution >= 0.6 is 11.6 Å². The molecule has 0 saturated carbocycles. The smallest absolute Gasteiger partial charge is 0.324 e. The van der Waals surface area contributed by atoms with Crippen molar-refractivity contribution in [2.24, 2.45) is 0 Å². The zero-order valence-corrected chi connectivity index (χ0v) is 13.5. The van der Waals surface area contributed by atoms with Gasteiger partial charge in [0.15, 0.2) is 0 Å². The monoisotopic (exact) mass is 364 g/mol. The minimum Gasteiger partial charge on any atom is -0.324 e. The van der Waals surface area contributed by atoms with Crippen LogP contribution in [0.5, 0.6) is 0 Å². The second kappa shape index (κ2) is 6.64. The average Bonchev–Trinajstić information content (AvgIpc) is 3.10. The molecule has 1 N–H and O–H groups in total. The fourth-order valence-corrected chi connectivity index (χ4v) is 2.45. The maximum Gasteiger partial charge on any atom is 0.416 e. The molecule has 0 atom stereocenters. The number of aromatic nitrogens is 1. The van der Waals surface area contributed by atoms with Gasteiger partial charge in [0.1, 0.15) is 0 Å². The maximum absolute atomic E-state index is 12.8. The van der Waals surface area contributed by atoms with Gasteiger partial charge in [-0.2, -0.15) is 13.2 Å². The molecular weight excluding hydrogens is 353 g/mol. The summed E-state index contributed by atoms with van der Waals surface area (Å²) < 4.78 is 40.2. The van der Waals surface area contributed by atoms with E-state index in [1.54, 1.807) is 24.3 Å². The lowest BCUT2D eigenvalue weighted by molar-refractivity contribution is -0.137. The maximum atomic E-state index is 12.8. The van der Waals surface area contributed by atoms with Crippen LogP contribution in [0.25, 0.3) is 5.69 Å². The van der Waals surface area contributed by atoms with Gasteiger partial charge in [0.05, 0.1) is 16.3 Å². The zero-order chi connectivity index (χ0) is 18.0. The van der Waals surface area contributed by atoms with E-state index in [4.69, 9.17) is 11.6 Å². The van der Waals surface area contributed by atoms with Crippen molar-refractivity contribution in [3.05, 3.63) is 83.1 Å². The number of rotatable bonds is 3. The molecule has 3 nitrogen and oxygen atoms in total. The van der Waals surface area contributed by atoms with E-state index < -0.39 is 17.6 Å². The van der Waals surface area contributed by atoms with Crippen molar-refractivity contribution in [3.8, 4) is 5.69 Å². The molecule has 0 saturated heterocycles. The summed E-state index contributed by atoms with van der Waals surface area (Å²) in [6, 6.07) is 13.2. The topological polar surface area (TPSA) is 34.0 Å². The van der Waals surface area contributed by atoms with Crippen molar-refractivity contribution in [1.82, 2.24) is 4.57 Å². The van der Waals surface area contributed by atoms with E-state index >= 15 is 0 Å². The van der Waals surface area contributed by atoms with Gasteiger partial charge in [-0.15, -0.1) is 0 Å². The number of alkyl halides is 3. The molecule has 7 heteroatoms. The summed E-state index contributed by atoms with van der Waals surface area (Å²) in [7, 11) is 0. The molecule has 1 amide bonds. The first kappa shape index (κ1) is 17.1. The third-order valence-electron chi connectivity index (χ3n) is 3.57. The quantitative estimate of drug-likeness (QED) is 0.663. The molecule has 0 aliphatic carbocycles. The number of nitrogens with zero attached hydrogens (tertiary/aromatic N) is 1. The number of hydrogen-bond donors (Lipinski definition) is 1. The summed E-state index contributed by atoms with van der Waals surface area (Å²) in [4.78, 5) is 12.3. The summed E-state index contributed by atoms with van der Waals surface area (Å²) in [6.45, 7) is 0. The number of amides is 1. The van der Waals surface area contributed by atoms with Crippen molar-refractivity contribution in [2.75, 3.05) is 5.32 Å². The molecule has 0 unspecified atom stereocenters. The molecule has 0 aliphatic rings. The predicted molar refractivity (Wildman–Crippen MR) is 90.2 cm³/mol. The average molecular weight is 365 g/mol. The first-order chi connectivity index (χ1) is 11.8. The molecule has 1 heterocycles. The molecule has 0 bridgehead atoms. The second-order valence-corrected chi connectivity index (χ2v) is 5.69. The van der Waals surface area contributed by atoms with Crippen molar-refractivity contribution in [2.45, 2.75) is 6.18 Å². The van der Waals surface area contributed by atoms with Crippen molar-refractivity contribution < 1.29 is 18.0 Å². The summed E-state index contributed by atoms with van der Waals surface area (Å²) in [5, 5.41) is 2.45. The van der Waals surface area contributed by atoms with E-state index in [2.05, 4.69) is 5.32 Å². The third-order valence-corrected chi connectivity index (χ3v) is 3.90. The van der Waals surface area contributed by atoms with Crippen LogP contribution in [0.15, 0.2) is 67.0 Å². The van der Waals surface area contributed by atoms with Gasteiger partial charge in [0.25, 0.3) is 5.91 Å². The SMILES string of the molecule is O=C(Nc1cc(C(F)(F)F)ccc1Cl)c1ccc(-n2cccc2)cc1. The van der Waals surface area contributed by atoms with Crippen LogP contribution in [-0.2, 0) is 6.18 Å².